The van der Waals surface area contributed by atoms with Crippen molar-refractivity contribution in [1.29, 1.82) is 5.26 Å². The molecule has 0 bridgehead atoms. The first-order valence-corrected chi connectivity index (χ1v) is 5.39. The molecule has 1 heterocycles. The fourth-order valence-electron chi connectivity index (χ4n) is 1.35. The number of aromatic nitrogens is 3. The van der Waals surface area contributed by atoms with Gasteiger partial charge in [-0.3, -0.25) is 4.79 Å². The molecular weight excluding hydrogens is 254 g/mol. The number of rotatable bonds is 3. The Morgan fingerprint density at radius 1 is 1.56 bits per heavy atom. The van der Waals surface area contributed by atoms with Crippen LogP contribution >= 0.6 is 11.6 Å². The molecule has 0 aliphatic carbocycles. The van der Waals surface area contributed by atoms with E-state index in [1.807, 2.05) is 6.07 Å². The summed E-state index contributed by atoms with van der Waals surface area (Å²) in [6.45, 7) is 0.0671. The topological polar surface area (TPSA) is 83.6 Å². The van der Waals surface area contributed by atoms with E-state index in [1.165, 1.54) is 23.4 Å². The maximum atomic E-state index is 11.6. The lowest BCUT2D eigenvalue weighted by Crippen LogP contribution is -2.19. The smallest absolute Gasteiger partial charge is 0.246 e. The molecule has 0 aliphatic rings. The predicted molar refractivity (Wildman–Crippen MR) is 64.8 cm³/mol. The Balaban J connectivity index is 2.03. The number of carbonyl (C=O) groups excluding carboxylic acids is 1. The number of nitrogens with one attached hydrogen (secondary N) is 1. The summed E-state index contributed by atoms with van der Waals surface area (Å²) in [4.78, 5) is 15.4. The van der Waals surface area contributed by atoms with Crippen LogP contribution in [0, 0.1) is 11.3 Å². The van der Waals surface area contributed by atoms with Gasteiger partial charge >= 0.3 is 0 Å². The number of carbonyl (C=O) groups is 1. The van der Waals surface area contributed by atoms with Gasteiger partial charge in [0.25, 0.3) is 0 Å². The monoisotopic (exact) mass is 261 g/mol. The lowest BCUT2D eigenvalue weighted by Gasteiger charge is -2.05. The van der Waals surface area contributed by atoms with Gasteiger partial charge in [0.2, 0.25) is 5.91 Å². The van der Waals surface area contributed by atoms with Gasteiger partial charge in [0.05, 0.1) is 10.6 Å². The van der Waals surface area contributed by atoms with Crippen LogP contribution in [-0.2, 0) is 11.3 Å². The van der Waals surface area contributed by atoms with Crippen molar-refractivity contribution in [2.75, 3.05) is 5.32 Å². The Labute approximate surface area is 108 Å². The first kappa shape index (κ1) is 12.1. The van der Waals surface area contributed by atoms with Crippen LogP contribution in [0.25, 0.3) is 0 Å². The number of benzene rings is 1. The van der Waals surface area contributed by atoms with Crippen molar-refractivity contribution in [3.63, 3.8) is 0 Å². The van der Waals surface area contributed by atoms with Gasteiger partial charge in [-0.15, -0.1) is 0 Å². The van der Waals surface area contributed by atoms with Crippen LogP contribution in [0.1, 0.15) is 5.56 Å². The van der Waals surface area contributed by atoms with E-state index in [4.69, 9.17) is 16.9 Å². The van der Waals surface area contributed by atoms with Crippen LogP contribution in [0.15, 0.2) is 30.9 Å². The first-order valence-electron chi connectivity index (χ1n) is 5.01. The molecule has 2 aromatic rings. The molecule has 0 saturated carbocycles. The van der Waals surface area contributed by atoms with Gasteiger partial charge in [-0.2, -0.15) is 10.4 Å². The molecule has 0 saturated heterocycles. The van der Waals surface area contributed by atoms with Crippen molar-refractivity contribution >= 4 is 23.2 Å². The number of nitrogens with zero attached hydrogens (tertiary/aromatic N) is 4. The molecule has 7 heteroatoms. The van der Waals surface area contributed by atoms with E-state index in [2.05, 4.69) is 15.4 Å². The normalized spacial score (nSPS) is 9.78. The molecule has 1 N–H and O–H groups in total. The fraction of sp³-hybridized carbons (Fsp3) is 0.0909. The summed E-state index contributed by atoms with van der Waals surface area (Å²) >= 11 is 5.85. The third kappa shape index (κ3) is 2.84. The van der Waals surface area contributed by atoms with Gasteiger partial charge in [-0.25, -0.2) is 9.67 Å². The highest BCUT2D eigenvalue weighted by atomic mass is 35.5. The average Bonchev–Trinajstić information content (AvgIpc) is 2.82. The molecular formula is C11H8ClN5O. The molecule has 0 fully saturated rings. The van der Waals surface area contributed by atoms with Gasteiger partial charge in [-0.05, 0) is 18.2 Å². The van der Waals surface area contributed by atoms with Crippen LogP contribution in [0.2, 0.25) is 5.02 Å². The van der Waals surface area contributed by atoms with E-state index < -0.39 is 0 Å². The summed E-state index contributed by atoms with van der Waals surface area (Å²) in [5, 5.41) is 15.5. The van der Waals surface area contributed by atoms with Crippen LogP contribution in [0.5, 0.6) is 0 Å². The van der Waals surface area contributed by atoms with E-state index in [0.717, 1.165) is 0 Å². The van der Waals surface area contributed by atoms with Crippen LogP contribution in [0.4, 0.5) is 5.69 Å². The maximum absolute atomic E-state index is 11.6. The molecule has 1 aromatic heterocycles. The Morgan fingerprint density at radius 3 is 3.00 bits per heavy atom. The van der Waals surface area contributed by atoms with Gasteiger partial charge < -0.3 is 5.32 Å². The number of halogens is 1. The van der Waals surface area contributed by atoms with E-state index in [1.54, 1.807) is 12.1 Å². The van der Waals surface area contributed by atoms with Crippen LogP contribution in [-0.4, -0.2) is 20.7 Å². The van der Waals surface area contributed by atoms with E-state index in [-0.39, 0.29) is 12.5 Å². The summed E-state index contributed by atoms with van der Waals surface area (Å²) in [6.07, 6.45) is 2.80. The molecule has 0 spiro atoms. The zero-order valence-electron chi connectivity index (χ0n) is 9.17. The Kier molecular flexibility index (Phi) is 3.55. The molecule has 0 aliphatic heterocycles. The molecule has 90 valence electrons. The second-order valence-electron chi connectivity index (χ2n) is 3.45. The molecule has 0 atom stereocenters. The highest BCUT2D eigenvalue weighted by Gasteiger charge is 2.06. The number of anilines is 1. The van der Waals surface area contributed by atoms with Gasteiger partial charge in [0, 0.05) is 5.69 Å². The second kappa shape index (κ2) is 5.29. The van der Waals surface area contributed by atoms with E-state index in [0.29, 0.717) is 16.3 Å². The summed E-state index contributed by atoms with van der Waals surface area (Å²) in [5.41, 5.74) is 0.898. The van der Waals surface area contributed by atoms with E-state index >= 15 is 0 Å². The number of hydrogen-bond acceptors (Lipinski definition) is 4. The molecule has 1 amide bonds. The third-order valence-electron chi connectivity index (χ3n) is 2.15. The highest BCUT2D eigenvalue weighted by molar-refractivity contribution is 6.32. The van der Waals surface area contributed by atoms with Crippen molar-refractivity contribution in [2.45, 2.75) is 6.54 Å². The zero-order chi connectivity index (χ0) is 13.0. The zero-order valence-corrected chi connectivity index (χ0v) is 9.92. The van der Waals surface area contributed by atoms with Crippen molar-refractivity contribution < 1.29 is 4.79 Å². The van der Waals surface area contributed by atoms with Gasteiger partial charge in [0.15, 0.2) is 0 Å². The molecule has 0 radical (unpaired) electrons. The molecule has 6 nitrogen and oxygen atoms in total. The van der Waals surface area contributed by atoms with Crippen molar-refractivity contribution in [1.82, 2.24) is 14.8 Å². The standard InChI is InChI=1S/C11H8ClN5O/c12-10-3-9(2-1-8(10)4-13)16-11(18)5-17-7-14-6-15-17/h1-3,6-7H,5H2,(H,16,18). The summed E-state index contributed by atoms with van der Waals surface area (Å²) in [7, 11) is 0. The average molecular weight is 262 g/mol. The minimum absolute atomic E-state index is 0.0671. The molecule has 0 unspecified atom stereocenters. The van der Waals surface area contributed by atoms with Gasteiger partial charge in [0.1, 0.15) is 25.3 Å². The fourth-order valence-corrected chi connectivity index (χ4v) is 1.57. The minimum Gasteiger partial charge on any atom is -0.324 e. The van der Waals surface area contributed by atoms with Crippen molar-refractivity contribution in [3.05, 3.63) is 41.4 Å². The maximum Gasteiger partial charge on any atom is 0.246 e. The highest BCUT2D eigenvalue weighted by Crippen LogP contribution is 2.20. The molecule has 18 heavy (non-hydrogen) atoms. The lowest BCUT2D eigenvalue weighted by atomic mass is 10.2. The second-order valence-corrected chi connectivity index (χ2v) is 3.85. The van der Waals surface area contributed by atoms with Crippen molar-refractivity contribution in [2.24, 2.45) is 0 Å². The predicted octanol–water partition coefficient (Wildman–Crippen LogP) is 1.44. The van der Waals surface area contributed by atoms with E-state index in [9.17, 15) is 4.79 Å². The number of nitriles is 1. The number of amides is 1. The largest absolute Gasteiger partial charge is 0.324 e. The summed E-state index contributed by atoms with van der Waals surface area (Å²) in [5.74, 6) is -0.249. The first-order chi connectivity index (χ1) is 8.69. The van der Waals surface area contributed by atoms with Crippen LogP contribution in [0.3, 0.4) is 0 Å². The SMILES string of the molecule is N#Cc1ccc(NC(=O)Cn2cncn2)cc1Cl. The molecule has 1 aromatic carbocycles. The molecule has 2 rings (SSSR count). The minimum atomic E-state index is -0.249. The summed E-state index contributed by atoms with van der Waals surface area (Å²) in [6, 6.07) is 6.64. The Morgan fingerprint density at radius 2 is 2.39 bits per heavy atom. The number of hydrogen-bond donors (Lipinski definition) is 1. The third-order valence-corrected chi connectivity index (χ3v) is 2.46. The van der Waals surface area contributed by atoms with Gasteiger partial charge in [-0.1, -0.05) is 11.6 Å². The quantitative estimate of drug-likeness (QED) is 0.906. The van der Waals surface area contributed by atoms with Crippen molar-refractivity contribution in [3.8, 4) is 6.07 Å². The van der Waals surface area contributed by atoms with Crippen LogP contribution < -0.4 is 5.32 Å². The summed E-state index contributed by atoms with van der Waals surface area (Å²) < 4.78 is 1.40. The lowest BCUT2D eigenvalue weighted by molar-refractivity contribution is -0.116. The Bertz CT molecular complexity index is 602. The Hall–Kier alpha value is -2.39.